The van der Waals surface area contributed by atoms with Crippen molar-refractivity contribution in [2.45, 2.75) is 25.8 Å². The molecule has 0 fully saturated rings. The molecule has 0 N–H and O–H groups in total. The van der Waals surface area contributed by atoms with Crippen LogP contribution in [-0.4, -0.2) is 32.1 Å². The molecule has 1 aliphatic rings. The first kappa shape index (κ1) is 19.3. The summed E-state index contributed by atoms with van der Waals surface area (Å²) in [7, 11) is 0. The minimum Gasteiger partial charge on any atom is -0.299 e. The summed E-state index contributed by atoms with van der Waals surface area (Å²) in [6.45, 7) is 1.11. The molecule has 138 valence electrons. The molecule has 0 bridgehead atoms. The highest BCUT2D eigenvalue weighted by Crippen LogP contribution is 2.23. The number of ketones is 1. The van der Waals surface area contributed by atoms with Gasteiger partial charge >= 0.3 is 0 Å². The van der Waals surface area contributed by atoms with Gasteiger partial charge in [0.15, 0.2) is 5.65 Å². The average molecular weight is 449 g/mol. The molecule has 0 amide bonds. The standard InChI is InChI=1S/C9H7BrO.C8H8ClN7/c10-8-2-1-6-4-9(11)5-7(6)3-8;9-7-6-4-16(3-1-2-13-15-10)14-8(6)12-5-11-7/h1-3H,4-5H2;4-5H,1-3H2. The third-order valence-corrected chi connectivity index (χ3v) is 4.76. The fraction of sp³-hybridized carbons (Fsp3) is 0.294. The van der Waals surface area contributed by atoms with E-state index in [1.807, 2.05) is 18.2 Å². The van der Waals surface area contributed by atoms with Crippen LogP contribution in [0.3, 0.4) is 0 Å². The molecule has 2 heterocycles. The van der Waals surface area contributed by atoms with Crippen molar-refractivity contribution in [2.24, 2.45) is 5.11 Å². The van der Waals surface area contributed by atoms with E-state index in [4.69, 9.17) is 17.1 Å². The van der Waals surface area contributed by atoms with Crippen molar-refractivity contribution in [1.82, 2.24) is 19.7 Å². The first-order valence-corrected chi connectivity index (χ1v) is 9.37. The number of carbonyl (C=O) groups is 1. The van der Waals surface area contributed by atoms with Gasteiger partial charge in [0.1, 0.15) is 17.3 Å². The van der Waals surface area contributed by atoms with Gasteiger partial charge < -0.3 is 0 Å². The molecule has 0 saturated carbocycles. The molecule has 0 spiro atoms. The van der Waals surface area contributed by atoms with Crippen molar-refractivity contribution in [3.8, 4) is 0 Å². The Balaban J connectivity index is 0.000000166. The number of Topliss-reactive ketones (excluding diaryl/α,β-unsaturated/α-hetero) is 1. The van der Waals surface area contributed by atoms with Crippen molar-refractivity contribution in [1.29, 1.82) is 0 Å². The summed E-state index contributed by atoms with van der Waals surface area (Å²) in [5, 5.41) is 8.79. The fourth-order valence-electron chi connectivity index (χ4n) is 2.74. The molecule has 0 saturated heterocycles. The van der Waals surface area contributed by atoms with Gasteiger partial charge in [-0.1, -0.05) is 38.7 Å². The minimum atomic E-state index is 0.332. The largest absolute Gasteiger partial charge is 0.299 e. The lowest BCUT2D eigenvalue weighted by Crippen LogP contribution is -1.99. The number of halogens is 2. The predicted octanol–water partition coefficient (Wildman–Crippen LogP) is 4.30. The second-order valence-corrected chi connectivity index (χ2v) is 7.18. The van der Waals surface area contributed by atoms with Gasteiger partial charge in [0.25, 0.3) is 0 Å². The number of aromatic nitrogens is 4. The zero-order valence-electron chi connectivity index (χ0n) is 14.2. The van der Waals surface area contributed by atoms with Crippen LogP contribution in [0.2, 0.25) is 5.15 Å². The highest BCUT2D eigenvalue weighted by atomic mass is 79.9. The predicted molar refractivity (Wildman–Crippen MR) is 106 cm³/mol. The van der Waals surface area contributed by atoms with E-state index in [1.54, 1.807) is 10.9 Å². The number of carbonyl (C=O) groups excluding carboxylic acids is 1. The van der Waals surface area contributed by atoms with Crippen LogP contribution in [0.5, 0.6) is 0 Å². The third kappa shape index (κ3) is 5.03. The van der Waals surface area contributed by atoms with Crippen LogP contribution in [0.1, 0.15) is 17.5 Å². The molecular formula is C17H15BrClN7O. The van der Waals surface area contributed by atoms with Crippen molar-refractivity contribution >= 4 is 44.3 Å². The molecule has 10 heteroatoms. The molecule has 0 unspecified atom stereocenters. The zero-order valence-corrected chi connectivity index (χ0v) is 16.6. The van der Waals surface area contributed by atoms with E-state index in [1.165, 1.54) is 17.5 Å². The number of hydrogen-bond donors (Lipinski definition) is 0. The quantitative estimate of drug-likeness (QED) is 0.195. The molecule has 0 aliphatic heterocycles. The highest BCUT2D eigenvalue weighted by Gasteiger charge is 2.17. The Morgan fingerprint density at radius 2 is 2.11 bits per heavy atom. The van der Waals surface area contributed by atoms with Crippen LogP contribution >= 0.6 is 27.5 Å². The maximum atomic E-state index is 11.0. The summed E-state index contributed by atoms with van der Waals surface area (Å²) >= 11 is 9.26. The monoisotopic (exact) mass is 447 g/mol. The van der Waals surface area contributed by atoms with Crippen LogP contribution in [-0.2, 0) is 24.2 Å². The maximum Gasteiger partial charge on any atom is 0.185 e. The molecule has 3 aromatic rings. The first-order valence-electron chi connectivity index (χ1n) is 8.20. The van der Waals surface area contributed by atoms with Gasteiger partial charge in [0, 0.05) is 41.5 Å². The third-order valence-electron chi connectivity index (χ3n) is 3.97. The van der Waals surface area contributed by atoms with Gasteiger partial charge in [-0.05, 0) is 35.2 Å². The van der Waals surface area contributed by atoms with Crippen molar-refractivity contribution < 1.29 is 4.79 Å². The van der Waals surface area contributed by atoms with Crippen LogP contribution < -0.4 is 0 Å². The molecule has 4 rings (SSSR count). The summed E-state index contributed by atoms with van der Waals surface area (Å²) in [5.74, 6) is 0.332. The lowest BCUT2D eigenvalue weighted by molar-refractivity contribution is -0.117. The molecule has 0 radical (unpaired) electrons. The first-order chi connectivity index (χ1) is 13.1. The Morgan fingerprint density at radius 3 is 2.89 bits per heavy atom. The molecule has 2 aromatic heterocycles. The van der Waals surface area contributed by atoms with Gasteiger partial charge in [-0.25, -0.2) is 9.97 Å². The maximum absolute atomic E-state index is 11.0. The van der Waals surface area contributed by atoms with E-state index >= 15 is 0 Å². The van der Waals surface area contributed by atoms with Gasteiger partial charge in [0.2, 0.25) is 0 Å². The molecule has 0 atom stereocenters. The van der Waals surface area contributed by atoms with Crippen LogP contribution in [0, 0.1) is 0 Å². The summed E-state index contributed by atoms with van der Waals surface area (Å²) in [6.07, 6.45) is 5.14. The van der Waals surface area contributed by atoms with Crippen LogP contribution in [0.25, 0.3) is 21.5 Å². The Labute approximate surface area is 168 Å². The van der Waals surface area contributed by atoms with E-state index in [0.29, 0.717) is 42.5 Å². The van der Waals surface area contributed by atoms with E-state index in [0.717, 1.165) is 16.3 Å². The molecule has 1 aliphatic carbocycles. The van der Waals surface area contributed by atoms with Crippen LogP contribution in [0.15, 0.2) is 40.3 Å². The van der Waals surface area contributed by atoms with Crippen LogP contribution in [0.4, 0.5) is 0 Å². The number of nitrogens with zero attached hydrogens (tertiary/aromatic N) is 7. The number of aryl methyl sites for hydroxylation is 1. The Hall–Kier alpha value is -2.48. The molecule has 8 nitrogen and oxygen atoms in total. The minimum absolute atomic E-state index is 0.332. The lowest BCUT2D eigenvalue weighted by atomic mass is 10.1. The normalized spacial score (nSPS) is 12.3. The van der Waals surface area contributed by atoms with E-state index in [9.17, 15) is 4.79 Å². The average Bonchev–Trinajstić information content (AvgIpc) is 3.22. The summed E-state index contributed by atoms with van der Waals surface area (Å²) < 4.78 is 2.78. The van der Waals surface area contributed by atoms with E-state index < -0.39 is 0 Å². The van der Waals surface area contributed by atoms with Gasteiger partial charge in [-0.15, -0.1) is 0 Å². The smallest absolute Gasteiger partial charge is 0.185 e. The Kier molecular flexibility index (Phi) is 6.39. The SMILES string of the molecule is O=C1Cc2ccc(Br)cc2C1.[N-]=[N+]=NCCCn1cc2c(Cl)ncnc2n1. The lowest BCUT2D eigenvalue weighted by Gasteiger charge is -1.96. The molecule has 27 heavy (non-hydrogen) atoms. The molecule has 1 aromatic carbocycles. The number of rotatable bonds is 4. The second kappa shape index (κ2) is 8.94. The fourth-order valence-corrected chi connectivity index (χ4v) is 3.32. The Bertz CT molecular complexity index is 1030. The van der Waals surface area contributed by atoms with E-state index in [-0.39, 0.29) is 0 Å². The number of azide groups is 1. The number of hydrogen-bond acceptors (Lipinski definition) is 5. The van der Waals surface area contributed by atoms with Gasteiger partial charge in [0.05, 0.1) is 5.39 Å². The molecular weight excluding hydrogens is 434 g/mol. The number of benzene rings is 1. The summed E-state index contributed by atoms with van der Waals surface area (Å²) in [5.41, 5.74) is 11.1. The van der Waals surface area contributed by atoms with Gasteiger partial charge in [-0.2, -0.15) is 5.10 Å². The number of fused-ring (bicyclic) bond motifs is 2. The summed E-state index contributed by atoms with van der Waals surface area (Å²) in [4.78, 5) is 21.5. The van der Waals surface area contributed by atoms with Crippen molar-refractivity contribution in [2.75, 3.05) is 6.54 Å². The van der Waals surface area contributed by atoms with Crippen molar-refractivity contribution in [3.05, 3.63) is 61.9 Å². The van der Waals surface area contributed by atoms with E-state index in [2.05, 4.69) is 41.0 Å². The zero-order chi connectivity index (χ0) is 19.2. The van der Waals surface area contributed by atoms with Crippen molar-refractivity contribution in [3.63, 3.8) is 0 Å². The van der Waals surface area contributed by atoms with Gasteiger partial charge in [-0.3, -0.25) is 9.48 Å². The highest BCUT2D eigenvalue weighted by molar-refractivity contribution is 9.10. The summed E-state index contributed by atoms with van der Waals surface area (Å²) in [6, 6.07) is 6.03. The second-order valence-electron chi connectivity index (χ2n) is 5.91. The Morgan fingerprint density at radius 1 is 1.30 bits per heavy atom. The topological polar surface area (TPSA) is 109 Å².